The summed E-state index contributed by atoms with van der Waals surface area (Å²) in [7, 11) is 0. The van der Waals surface area contributed by atoms with E-state index in [2.05, 4.69) is 10.3 Å². The molecule has 5 heteroatoms. The summed E-state index contributed by atoms with van der Waals surface area (Å²) >= 11 is 0. The molecule has 1 aliphatic carbocycles. The summed E-state index contributed by atoms with van der Waals surface area (Å²) in [6, 6.07) is 10.1. The highest BCUT2D eigenvalue weighted by Crippen LogP contribution is 2.50. The van der Waals surface area contributed by atoms with Crippen molar-refractivity contribution in [2.45, 2.75) is 18.3 Å². The molecule has 1 aliphatic rings. The predicted molar refractivity (Wildman–Crippen MR) is 87.9 cm³/mol. The molecule has 4 rings (SSSR count). The molecule has 0 bridgehead atoms. The van der Waals surface area contributed by atoms with Gasteiger partial charge in [-0.1, -0.05) is 0 Å². The van der Waals surface area contributed by atoms with Crippen LogP contribution in [-0.4, -0.2) is 17.4 Å². The van der Waals surface area contributed by atoms with Gasteiger partial charge in [0.05, 0.1) is 0 Å². The van der Waals surface area contributed by atoms with E-state index in [1.54, 1.807) is 6.07 Å². The minimum atomic E-state index is -0.369. The Kier molecular flexibility index (Phi) is 3.37. The van der Waals surface area contributed by atoms with E-state index in [0.717, 1.165) is 29.3 Å². The van der Waals surface area contributed by atoms with Crippen LogP contribution in [0.4, 0.5) is 8.78 Å². The van der Waals surface area contributed by atoms with Gasteiger partial charge in [0.15, 0.2) is 0 Å². The Balaban J connectivity index is 1.54. The van der Waals surface area contributed by atoms with Crippen molar-refractivity contribution in [1.82, 2.24) is 10.3 Å². The molecule has 3 nitrogen and oxygen atoms in total. The number of hydrogen-bond donors (Lipinski definition) is 2. The van der Waals surface area contributed by atoms with Crippen molar-refractivity contribution in [3.05, 3.63) is 71.4 Å². The first-order chi connectivity index (χ1) is 11.6. The lowest BCUT2D eigenvalue weighted by Gasteiger charge is -2.16. The van der Waals surface area contributed by atoms with Crippen LogP contribution >= 0.6 is 0 Å². The monoisotopic (exact) mass is 326 g/mol. The van der Waals surface area contributed by atoms with E-state index in [0.29, 0.717) is 12.1 Å². The fourth-order valence-electron chi connectivity index (χ4n) is 3.18. The lowest BCUT2D eigenvalue weighted by atomic mass is 9.95. The smallest absolute Gasteiger partial charge is 0.251 e. The summed E-state index contributed by atoms with van der Waals surface area (Å²) in [6.45, 7) is 0.479. The minimum Gasteiger partial charge on any atom is -0.361 e. The maximum atomic E-state index is 13.6. The summed E-state index contributed by atoms with van der Waals surface area (Å²) < 4.78 is 26.5. The summed E-state index contributed by atoms with van der Waals surface area (Å²) in [5, 5.41) is 3.78. The van der Waals surface area contributed by atoms with Crippen LogP contribution in [0.25, 0.3) is 10.9 Å². The van der Waals surface area contributed by atoms with Gasteiger partial charge in [-0.3, -0.25) is 4.79 Å². The van der Waals surface area contributed by atoms with E-state index in [-0.39, 0.29) is 23.0 Å². The predicted octanol–water partition coefficient (Wildman–Crippen LogP) is 3.91. The van der Waals surface area contributed by atoms with Crippen molar-refractivity contribution in [3.8, 4) is 0 Å². The molecule has 1 amide bonds. The van der Waals surface area contributed by atoms with Crippen LogP contribution in [0.15, 0.2) is 48.7 Å². The Hall–Kier alpha value is -2.69. The molecule has 0 atom stereocenters. The molecule has 24 heavy (non-hydrogen) atoms. The molecule has 2 aromatic carbocycles. The van der Waals surface area contributed by atoms with Gasteiger partial charge in [-0.15, -0.1) is 0 Å². The number of amides is 1. The Labute approximate surface area is 137 Å². The lowest BCUT2D eigenvalue weighted by Crippen LogP contribution is -2.32. The first-order valence-corrected chi connectivity index (χ1v) is 7.88. The Morgan fingerprint density at radius 3 is 2.50 bits per heavy atom. The fourth-order valence-corrected chi connectivity index (χ4v) is 3.18. The third-order valence-corrected chi connectivity index (χ3v) is 4.76. The standard InChI is InChI=1S/C19H16F2N2O/c20-13-3-1-12(2-4-13)18(24)23-11-19(7-8-19)16-10-22-17-6-5-14(21)9-15(16)17/h1-6,9-10,22H,7-8,11H2,(H,23,24). The SMILES string of the molecule is O=C(NCC1(c2c[nH]c3ccc(F)cc23)CC1)c1ccc(F)cc1. The Bertz CT molecular complexity index is 911. The number of halogens is 2. The molecule has 122 valence electrons. The molecule has 0 saturated heterocycles. The number of fused-ring (bicyclic) bond motifs is 1. The van der Waals surface area contributed by atoms with Crippen molar-refractivity contribution < 1.29 is 13.6 Å². The quantitative estimate of drug-likeness (QED) is 0.750. The first kappa shape index (κ1) is 14.9. The number of rotatable bonds is 4. The zero-order valence-corrected chi connectivity index (χ0v) is 12.9. The summed E-state index contributed by atoms with van der Waals surface area (Å²) in [6.07, 6.45) is 3.79. The van der Waals surface area contributed by atoms with E-state index in [4.69, 9.17) is 0 Å². The van der Waals surface area contributed by atoms with Crippen LogP contribution in [0.1, 0.15) is 28.8 Å². The van der Waals surface area contributed by atoms with Crippen LogP contribution in [0.5, 0.6) is 0 Å². The number of nitrogens with one attached hydrogen (secondary N) is 2. The molecule has 1 heterocycles. The second-order valence-corrected chi connectivity index (χ2v) is 6.36. The molecule has 1 saturated carbocycles. The fraction of sp³-hybridized carbons (Fsp3) is 0.211. The number of aromatic nitrogens is 1. The van der Waals surface area contributed by atoms with E-state index < -0.39 is 0 Å². The van der Waals surface area contributed by atoms with Crippen molar-refractivity contribution >= 4 is 16.8 Å². The van der Waals surface area contributed by atoms with Gasteiger partial charge >= 0.3 is 0 Å². The number of benzene rings is 2. The second-order valence-electron chi connectivity index (χ2n) is 6.36. The van der Waals surface area contributed by atoms with E-state index in [1.165, 1.54) is 36.4 Å². The molecule has 3 aromatic rings. The average Bonchev–Trinajstić information content (AvgIpc) is 3.25. The molecule has 0 spiro atoms. The van der Waals surface area contributed by atoms with Crippen LogP contribution < -0.4 is 5.32 Å². The Morgan fingerprint density at radius 2 is 1.79 bits per heavy atom. The van der Waals surface area contributed by atoms with Crippen molar-refractivity contribution in [3.63, 3.8) is 0 Å². The van der Waals surface area contributed by atoms with Crippen LogP contribution in [0.3, 0.4) is 0 Å². The maximum Gasteiger partial charge on any atom is 0.251 e. The maximum absolute atomic E-state index is 13.6. The topological polar surface area (TPSA) is 44.9 Å². The first-order valence-electron chi connectivity index (χ1n) is 7.88. The highest BCUT2D eigenvalue weighted by Gasteiger charge is 2.45. The Morgan fingerprint density at radius 1 is 1.08 bits per heavy atom. The second kappa shape index (κ2) is 5.44. The molecule has 1 aromatic heterocycles. The summed E-state index contributed by atoms with van der Waals surface area (Å²) in [4.78, 5) is 15.4. The minimum absolute atomic E-state index is 0.151. The summed E-state index contributed by atoms with van der Waals surface area (Å²) in [5.41, 5.74) is 2.21. The van der Waals surface area contributed by atoms with Crippen molar-refractivity contribution in [2.24, 2.45) is 0 Å². The van der Waals surface area contributed by atoms with Crippen LogP contribution in [-0.2, 0) is 5.41 Å². The molecule has 0 aliphatic heterocycles. The van der Waals surface area contributed by atoms with Crippen LogP contribution in [0.2, 0.25) is 0 Å². The van der Waals surface area contributed by atoms with E-state index in [1.807, 2.05) is 6.20 Å². The van der Waals surface area contributed by atoms with Crippen molar-refractivity contribution in [2.75, 3.05) is 6.54 Å². The summed E-state index contributed by atoms with van der Waals surface area (Å²) in [5.74, 6) is -0.868. The highest BCUT2D eigenvalue weighted by molar-refractivity contribution is 5.94. The number of aromatic amines is 1. The van der Waals surface area contributed by atoms with Crippen molar-refractivity contribution in [1.29, 1.82) is 0 Å². The average molecular weight is 326 g/mol. The molecular formula is C19H16F2N2O. The van der Waals surface area contributed by atoms with Gasteiger partial charge in [0.1, 0.15) is 11.6 Å². The van der Waals surface area contributed by atoms with Gasteiger partial charge in [-0.05, 0) is 60.9 Å². The number of H-pyrrole nitrogens is 1. The van der Waals surface area contributed by atoms with E-state index in [9.17, 15) is 13.6 Å². The molecule has 2 N–H and O–H groups in total. The van der Waals surface area contributed by atoms with Gasteiger partial charge in [-0.25, -0.2) is 8.78 Å². The lowest BCUT2D eigenvalue weighted by molar-refractivity contribution is 0.0949. The van der Waals surface area contributed by atoms with Gasteiger partial charge in [-0.2, -0.15) is 0 Å². The number of hydrogen-bond acceptors (Lipinski definition) is 1. The van der Waals surface area contributed by atoms with Gasteiger partial charge in [0, 0.05) is 34.6 Å². The van der Waals surface area contributed by atoms with Crippen LogP contribution in [0, 0.1) is 11.6 Å². The normalized spacial score (nSPS) is 15.4. The van der Waals surface area contributed by atoms with Gasteiger partial charge < -0.3 is 10.3 Å². The largest absolute Gasteiger partial charge is 0.361 e. The number of carbonyl (C=O) groups excluding carboxylic acids is 1. The molecular weight excluding hydrogens is 310 g/mol. The third kappa shape index (κ3) is 2.56. The molecule has 0 unspecified atom stereocenters. The molecule has 0 radical (unpaired) electrons. The van der Waals surface area contributed by atoms with Gasteiger partial charge in [0.2, 0.25) is 0 Å². The number of carbonyl (C=O) groups is 1. The van der Waals surface area contributed by atoms with Gasteiger partial charge in [0.25, 0.3) is 5.91 Å². The highest BCUT2D eigenvalue weighted by atomic mass is 19.1. The van der Waals surface area contributed by atoms with E-state index >= 15 is 0 Å². The molecule has 1 fully saturated rings. The zero-order chi connectivity index (χ0) is 16.7. The zero-order valence-electron chi connectivity index (χ0n) is 12.9. The third-order valence-electron chi connectivity index (χ3n) is 4.76.